The molecule has 0 aliphatic carbocycles. The molecule has 1 amide bonds. The van der Waals surface area contributed by atoms with E-state index in [1.165, 1.54) is 32.2 Å². The van der Waals surface area contributed by atoms with Crippen LogP contribution in [0.2, 0.25) is 0 Å². The third kappa shape index (κ3) is 10.2. The van der Waals surface area contributed by atoms with E-state index in [1.807, 2.05) is 44.2 Å². The summed E-state index contributed by atoms with van der Waals surface area (Å²) in [5.74, 6) is -0.549. The number of ether oxygens (including phenoxy) is 3. The Labute approximate surface area is 231 Å². The summed E-state index contributed by atoms with van der Waals surface area (Å²) in [6, 6.07) is 12.4. The highest BCUT2D eigenvalue weighted by Gasteiger charge is 2.32. The molecule has 0 unspecified atom stereocenters. The first kappa shape index (κ1) is 32.1. The first-order chi connectivity index (χ1) is 18.1. The van der Waals surface area contributed by atoms with Gasteiger partial charge in [0, 0.05) is 26.1 Å². The Bertz CT molecular complexity index is 1210. The summed E-state index contributed by atoms with van der Waals surface area (Å²) in [6.45, 7) is 9.89. The van der Waals surface area contributed by atoms with Gasteiger partial charge in [-0.3, -0.25) is 4.79 Å². The van der Waals surface area contributed by atoms with Gasteiger partial charge in [0.25, 0.3) is 0 Å². The maximum Gasteiger partial charge on any atom is 0.407 e. The molecule has 10 nitrogen and oxygen atoms in total. The molecule has 0 aromatic heterocycles. The van der Waals surface area contributed by atoms with Crippen molar-refractivity contribution in [3.63, 3.8) is 0 Å². The maximum atomic E-state index is 13.8. The first-order valence-electron chi connectivity index (χ1n) is 12.7. The molecular formula is C28H40N2O8S. The average molecular weight is 565 g/mol. The van der Waals surface area contributed by atoms with E-state index in [4.69, 9.17) is 14.2 Å². The topological polar surface area (TPSA) is 131 Å². The van der Waals surface area contributed by atoms with Gasteiger partial charge in [0.2, 0.25) is 10.0 Å². The van der Waals surface area contributed by atoms with Crippen molar-refractivity contribution in [1.82, 2.24) is 9.62 Å². The zero-order chi connectivity index (χ0) is 29.4. The minimum Gasteiger partial charge on any atom is -0.493 e. The minimum absolute atomic E-state index is 0.0373. The van der Waals surface area contributed by atoms with Crippen LogP contribution in [0.1, 0.15) is 47.1 Å². The molecule has 2 rings (SSSR count). The van der Waals surface area contributed by atoms with Gasteiger partial charge in [-0.1, -0.05) is 44.2 Å². The highest BCUT2D eigenvalue weighted by atomic mass is 32.2. The Hall–Kier alpha value is -3.15. The summed E-state index contributed by atoms with van der Waals surface area (Å²) >= 11 is 0. The summed E-state index contributed by atoms with van der Waals surface area (Å²) < 4.78 is 44.4. The van der Waals surface area contributed by atoms with Crippen LogP contribution < -0.4 is 14.8 Å². The quantitative estimate of drug-likeness (QED) is 0.294. The third-order valence-electron chi connectivity index (χ3n) is 5.45. The molecule has 0 fully saturated rings. The van der Waals surface area contributed by atoms with Crippen molar-refractivity contribution in [2.24, 2.45) is 5.92 Å². The molecule has 2 N–H and O–H groups in total. The molecule has 2 aromatic rings. The van der Waals surface area contributed by atoms with E-state index >= 15 is 0 Å². The number of rotatable bonds is 12. The lowest BCUT2D eigenvalue weighted by molar-refractivity contribution is -0.132. The van der Waals surface area contributed by atoms with E-state index in [1.54, 1.807) is 20.8 Å². The normalized spacial score (nSPS) is 13.6. The monoisotopic (exact) mass is 564 g/mol. The Morgan fingerprint density at radius 1 is 1.03 bits per heavy atom. The number of esters is 1. The molecule has 0 heterocycles. The lowest BCUT2D eigenvalue weighted by Crippen LogP contribution is -2.51. The van der Waals surface area contributed by atoms with Crippen LogP contribution in [-0.2, 0) is 26.0 Å². The molecule has 0 saturated heterocycles. The van der Waals surface area contributed by atoms with Crippen molar-refractivity contribution in [3.05, 3.63) is 54.1 Å². The Morgan fingerprint density at radius 2 is 1.67 bits per heavy atom. The molecule has 0 bridgehead atoms. The van der Waals surface area contributed by atoms with Crippen LogP contribution in [0.4, 0.5) is 4.79 Å². The fourth-order valence-corrected chi connectivity index (χ4v) is 5.46. The van der Waals surface area contributed by atoms with E-state index in [-0.39, 0.29) is 41.8 Å². The zero-order valence-electron chi connectivity index (χ0n) is 23.6. The van der Waals surface area contributed by atoms with E-state index in [0.717, 1.165) is 9.87 Å². The van der Waals surface area contributed by atoms with Crippen LogP contribution in [0, 0.1) is 5.92 Å². The van der Waals surface area contributed by atoms with E-state index in [0.29, 0.717) is 0 Å². The van der Waals surface area contributed by atoms with Gasteiger partial charge in [-0.15, -0.1) is 0 Å². The van der Waals surface area contributed by atoms with E-state index in [9.17, 15) is 23.1 Å². The maximum absolute atomic E-state index is 13.8. The van der Waals surface area contributed by atoms with Crippen molar-refractivity contribution >= 4 is 22.1 Å². The molecule has 39 heavy (non-hydrogen) atoms. The summed E-state index contributed by atoms with van der Waals surface area (Å²) in [7, 11) is -2.78. The highest BCUT2D eigenvalue weighted by Crippen LogP contribution is 2.31. The minimum atomic E-state index is -4.16. The van der Waals surface area contributed by atoms with Gasteiger partial charge >= 0.3 is 12.1 Å². The van der Waals surface area contributed by atoms with E-state index in [2.05, 4.69) is 5.32 Å². The third-order valence-corrected chi connectivity index (χ3v) is 7.28. The average Bonchev–Trinajstić information content (AvgIpc) is 2.82. The summed E-state index contributed by atoms with van der Waals surface area (Å²) in [4.78, 5) is 24.0. The fourth-order valence-electron chi connectivity index (χ4n) is 3.83. The van der Waals surface area contributed by atoms with Crippen LogP contribution in [0.25, 0.3) is 0 Å². The van der Waals surface area contributed by atoms with Gasteiger partial charge in [-0.25, -0.2) is 13.2 Å². The number of aliphatic hydroxyl groups excluding tert-OH is 1. The molecule has 0 radical (unpaired) electrons. The summed E-state index contributed by atoms with van der Waals surface area (Å²) in [5.41, 5.74) is 0.0879. The number of benzene rings is 2. The number of amides is 1. The van der Waals surface area contributed by atoms with Crippen molar-refractivity contribution in [2.45, 2.75) is 70.6 Å². The van der Waals surface area contributed by atoms with Crippen LogP contribution in [-0.4, -0.2) is 67.8 Å². The number of carbonyl (C=O) groups excluding carboxylic acids is 2. The summed E-state index contributed by atoms with van der Waals surface area (Å²) in [5, 5.41) is 14.0. The number of hydrogen-bond donors (Lipinski definition) is 2. The molecule has 11 heteroatoms. The molecule has 0 aliphatic heterocycles. The molecule has 0 aliphatic rings. The summed E-state index contributed by atoms with van der Waals surface area (Å²) in [6.07, 6.45) is -1.75. The van der Waals surface area contributed by atoms with Crippen molar-refractivity contribution < 1.29 is 37.3 Å². The van der Waals surface area contributed by atoms with Gasteiger partial charge in [-0.2, -0.15) is 4.31 Å². The molecule has 0 saturated carbocycles. The second-order valence-electron chi connectivity index (χ2n) is 10.6. The van der Waals surface area contributed by atoms with Gasteiger partial charge in [0.05, 0.1) is 24.2 Å². The van der Waals surface area contributed by atoms with Gasteiger partial charge in [0.15, 0.2) is 11.5 Å². The Kier molecular flexibility index (Phi) is 11.3. The lowest BCUT2D eigenvalue weighted by atomic mass is 10.0. The predicted molar refractivity (Wildman–Crippen MR) is 147 cm³/mol. The highest BCUT2D eigenvalue weighted by molar-refractivity contribution is 7.89. The van der Waals surface area contributed by atoms with Gasteiger partial charge < -0.3 is 24.6 Å². The molecule has 2 aromatic carbocycles. The number of carbonyl (C=O) groups is 2. The number of methoxy groups -OCH3 is 1. The molecular weight excluding hydrogens is 524 g/mol. The number of aliphatic hydroxyl groups is 1. The van der Waals surface area contributed by atoms with E-state index < -0.39 is 39.8 Å². The van der Waals surface area contributed by atoms with Crippen LogP contribution in [0.15, 0.2) is 53.4 Å². The van der Waals surface area contributed by atoms with Crippen molar-refractivity contribution in [2.75, 3.05) is 20.2 Å². The molecule has 2 atom stereocenters. The largest absolute Gasteiger partial charge is 0.493 e. The number of alkyl carbamates (subject to hydrolysis) is 1. The first-order valence-corrected chi connectivity index (χ1v) is 14.1. The fraction of sp³-hybridized carbons (Fsp3) is 0.500. The van der Waals surface area contributed by atoms with Crippen molar-refractivity contribution in [3.8, 4) is 11.5 Å². The molecule has 216 valence electrons. The number of sulfonamides is 1. The van der Waals surface area contributed by atoms with Gasteiger partial charge in [0.1, 0.15) is 5.60 Å². The standard InChI is InChI=1S/C28H40N2O8S/c1-19(2)17-30(39(34,35)22-13-14-25(36-7)26(16-22)37-20(3)31)18-24(32)23(15-21-11-9-8-10-12-21)29-27(33)38-28(4,5)6/h8-14,16,19,23-24,32H,15,17-18H2,1-7H3,(H,29,33)/t23-,24+/m0/s1. The van der Waals surface area contributed by atoms with Crippen LogP contribution >= 0.6 is 0 Å². The smallest absolute Gasteiger partial charge is 0.407 e. The number of nitrogens with zero attached hydrogens (tertiary/aromatic N) is 1. The lowest BCUT2D eigenvalue weighted by Gasteiger charge is -2.31. The predicted octanol–water partition coefficient (Wildman–Crippen LogP) is 3.76. The Morgan fingerprint density at radius 3 is 2.21 bits per heavy atom. The molecule has 0 spiro atoms. The number of nitrogens with one attached hydrogen (secondary N) is 1. The SMILES string of the molecule is COc1ccc(S(=O)(=O)N(CC(C)C)C[C@@H](O)[C@H](Cc2ccccc2)NC(=O)OC(C)(C)C)cc1OC(C)=O. The van der Waals surface area contributed by atoms with Crippen LogP contribution in [0.5, 0.6) is 11.5 Å². The zero-order valence-corrected chi connectivity index (χ0v) is 24.4. The van der Waals surface area contributed by atoms with Crippen molar-refractivity contribution in [1.29, 1.82) is 0 Å². The Balaban J connectivity index is 2.41. The second kappa shape index (κ2) is 13.8. The van der Waals surface area contributed by atoms with Gasteiger partial charge in [-0.05, 0) is 50.8 Å². The van der Waals surface area contributed by atoms with Crippen LogP contribution in [0.3, 0.4) is 0 Å². The number of hydrogen-bond acceptors (Lipinski definition) is 8. The second-order valence-corrected chi connectivity index (χ2v) is 12.6.